The minimum Gasteiger partial charge on any atom is -0.273 e. The van der Waals surface area contributed by atoms with Crippen molar-refractivity contribution in [3.63, 3.8) is 0 Å². The van der Waals surface area contributed by atoms with E-state index in [1.165, 1.54) is 27.2 Å². The van der Waals surface area contributed by atoms with Crippen LogP contribution >= 0.6 is 0 Å². The molecule has 0 atom stereocenters. The third kappa shape index (κ3) is 5.68. The number of halogens is 1. The molecule has 168 valence electrons. The number of nitrogens with zero attached hydrogens (tertiary/aromatic N) is 2. The number of benzene rings is 1. The van der Waals surface area contributed by atoms with E-state index in [4.69, 9.17) is 4.55 Å². The van der Waals surface area contributed by atoms with Crippen LogP contribution in [0.4, 0.5) is 4.39 Å². The van der Waals surface area contributed by atoms with Gasteiger partial charge in [0, 0.05) is 32.7 Å². The number of piperidine rings is 1. The molecule has 0 bridgehead atoms. The van der Waals surface area contributed by atoms with E-state index < -0.39 is 34.2 Å². The van der Waals surface area contributed by atoms with E-state index in [0.29, 0.717) is 42.9 Å². The maximum atomic E-state index is 14.0. The molecule has 1 aliphatic rings. The zero-order chi connectivity index (χ0) is 22.3. The minimum atomic E-state index is -4.33. The quantitative estimate of drug-likeness (QED) is 0.469. The molecule has 8 nitrogen and oxygen atoms in total. The second-order valence-corrected chi connectivity index (χ2v) is 17.7. The average Bonchev–Trinajstić information content (AvgIpc) is 2.98. The molecule has 3 rings (SSSR count). The molecule has 2 N–H and O–H groups in total. The van der Waals surface area contributed by atoms with Crippen LogP contribution in [0.1, 0.15) is 24.3 Å². The van der Waals surface area contributed by atoms with Crippen LogP contribution in [0.25, 0.3) is 10.9 Å². The van der Waals surface area contributed by atoms with Gasteiger partial charge in [0.15, 0.2) is 0 Å². The van der Waals surface area contributed by atoms with Crippen molar-refractivity contribution in [1.82, 2.24) is 13.8 Å². The molecule has 30 heavy (non-hydrogen) atoms. The van der Waals surface area contributed by atoms with Crippen LogP contribution in [0.15, 0.2) is 24.4 Å². The summed E-state index contributed by atoms with van der Waals surface area (Å²) < 4.78 is 72.3. The smallest absolute Gasteiger partial charge is 0.273 e. The van der Waals surface area contributed by atoms with Gasteiger partial charge in [-0.1, -0.05) is 19.6 Å². The molecule has 1 aromatic heterocycles. The van der Waals surface area contributed by atoms with Gasteiger partial charge in [-0.05, 0) is 48.6 Å². The Bertz CT molecular complexity index is 1130. The largest absolute Gasteiger partial charge is 0.346 e. The third-order valence-corrected chi connectivity index (χ3v) is 9.58. The van der Waals surface area contributed by atoms with Crippen LogP contribution < -0.4 is 4.83 Å². The summed E-state index contributed by atoms with van der Waals surface area (Å²) in [5, 5.41) is 1.96. The first-order valence-corrected chi connectivity index (χ1v) is 16.5. The number of aromatic nitrogens is 1. The lowest BCUT2D eigenvalue weighted by molar-refractivity contribution is 0.179. The summed E-state index contributed by atoms with van der Waals surface area (Å²) in [5.41, 5.74) is 1.20. The highest BCUT2D eigenvalue weighted by Crippen LogP contribution is 2.35. The van der Waals surface area contributed by atoms with Gasteiger partial charge in [-0.25, -0.2) is 21.8 Å². The zero-order valence-electron chi connectivity index (χ0n) is 17.3. The second kappa shape index (κ2) is 8.32. The normalized spacial score (nSPS) is 17.6. The Morgan fingerprint density at radius 1 is 1.17 bits per heavy atom. The molecule has 1 aromatic carbocycles. The van der Waals surface area contributed by atoms with Gasteiger partial charge in [-0.15, -0.1) is 4.83 Å². The zero-order valence-corrected chi connectivity index (χ0v) is 19.9. The van der Waals surface area contributed by atoms with Gasteiger partial charge in [0.2, 0.25) is 10.0 Å². The van der Waals surface area contributed by atoms with Crippen LogP contribution in [0.3, 0.4) is 0 Å². The van der Waals surface area contributed by atoms with Gasteiger partial charge < -0.3 is 0 Å². The van der Waals surface area contributed by atoms with Crippen molar-refractivity contribution >= 4 is 39.3 Å². The summed E-state index contributed by atoms with van der Waals surface area (Å²) in [6, 6.07) is 4.74. The monoisotopic (exact) mass is 477 g/mol. The van der Waals surface area contributed by atoms with Gasteiger partial charge in [-0.2, -0.15) is 8.42 Å². The van der Waals surface area contributed by atoms with E-state index in [2.05, 4.69) is 19.6 Å². The topological polar surface area (TPSA) is 109 Å². The summed E-state index contributed by atoms with van der Waals surface area (Å²) in [5.74, 6) is -0.450. The Hall–Kier alpha value is -1.31. The predicted molar refractivity (Wildman–Crippen MR) is 117 cm³/mol. The maximum absolute atomic E-state index is 14.0. The number of hydrazine groups is 1. The second-order valence-electron chi connectivity index (χ2n) is 9.00. The Balaban J connectivity index is 1.92. The van der Waals surface area contributed by atoms with Gasteiger partial charge in [-0.3, -0.25) is 4.55 Å². The van der Waals surface area contributed by atoms with Crippen molar-refractivity contribution in [2.75, 3.05) is 18.8 Å². The first-order valence-electron chi connectivity index (χ1n) is 9.79. The molecule has 0 spiro atoms. The highest BCUT2D eigenvalue weighted by atomic mass is 32.2. The van der Waals surface area contributed by atoms with Crippen molar-refractivity contribution in [3.05, 3.63) is 35.8 Å². The van der Waals surface area contributed by atoms with Crippen LogP contribution in [-0.2, 0) is 20.3 Å². The molecule has 1 aliphatic heterocycles. The molecule has 1 fully saturated rings. The molecule has 0 radical (unpaired) electrons. The van der Waals surface area contributed by atoms with Crippen LogP contribution in [0, 0.1) is 5.82 Å². The fourth-order valence-electron chi connectivity index (χ4n) is 3.73. The van der Waals surface area contributed by atoms with Crippen LogP contribution in [-0.4, -0.2) is 57.3 Å². The van der Waals surface area contributed by atoms with E-state index in [9.17, 15) is 21.2 Å². The minimum absolute atomic E-state index is 0.0417. The number of hydrogen-bond donors (Lipinski definition) is 2. The van der Waals surface area contributed by atoms with Gasteiger partial charge >= 0.3 is 10.3 Å². The lowest BCUT2D eigenvalue weighted by Crippen LogP contribution is -2.45. The molecule has 12 heteroatoms. The number of fused-ring (bicyclic) bond motifs is 1. The number of hydrogen-bond acceptors (Lipinski definition) is 5. The van der Waals surface area contributed by atoms with Gasteiger partial charge in [0.25, 0.3) is 0 Å². The first-order chi connectivity index (χ1) is 13.8. The van der Waals surface area contributed by atoms with E-state index in [-0.39, 0.29) is 11.7 Å². The lowest BCUT2D eigenvalue weighted by atomic mass is 9.90. The average molecular weight is 478 g/mol. The Morgan fingerprint density at radius 3 is 2.37 bits per heavy atom. The number of rotatable bonds is 7. The Morgan fingerprint density at radius 2 is 1.80 bits per heavy atom. The molecular weight excluding hydrogens is 449 g/mol. The summed E-state index contributed by atoms with van der Waals surface area (Å²) in [6.07, 6.45) is 2.67. The van der Waals surface area contributed by atoms with Crippen molar-refractivity contribution in [1.29, 1.82) is 0 Å². The van der Waals surface area contributed by atoms with Crippen molar-refractivity contribution < 1.29 is 25.8 Å². The summed E-state index contributed by atoms with van der Waals surface area (Å²) in [7, 11) is -9.49. The molecular formula is C18H28FN3O5S2Si. The fraction of sp³-hybridized carbons (Fsp3) is 0.556. The van der Waals surface area contributed by atoms with E-state index in [1.54, 1.807) is 6.20 Å². The maximum Gasteiger partial charge on any atom is 0.346 e. The molecule has 1 saturated heterocycles. The molecule has 2 aromatic rings. The van der Waals surface area contributed by atoms with E-state index in [1.807, 2.05) is 4.83 Å². The molecule has 2 heterocycles. The molecule has 0 amide bonds. The Labute approximate surface area is 178 Å². The SMILES string of the molecule is C[Si](C)(C)CCS(=O)(=O)n1cc(C2CCN(NS(=O)(=O)O)CC2)c2cc(F)ccc21. The van der Waals surface area contributed by atoms with Crippen molar-refractivity contribution in [3.8, 4) is 0 Å². The summed E-state index contributed by atoms with van der Waals surface area (Å²) >= 11 is 0. The number of nitrogens with one attached hydrogen (secondary N) is 1. The molecule has 0 unspecified atom stereocenters. The van der Waals surface area contributed by atoms with Crippen molar-refractivity contribution in [2.24, 2.45) is 0 Å². The fourth-order valence-corrected chi connectivity index (χ4v) is 8.65. The lowest BCUT2D eigenvalue weighted by Gasteiger charge is -2.30. The summed E-state index contributed by atoms with van der Waals surface area (Å²) in [6.45, 7) is 7.03. The van der Waals surface area contributed by atoms with E-state index in [0.717, 1.165) is 5.56 Å². The highest BCUT2D eigenvalue weighted by molar-refractivity contribution is 7.90. The third-order valence-electron chi connectivity index (χ3n) is 5.35. The first kappa shape index (κ1) is 23.4. The molecule has 0 saturated carbocycles. The van der Waals surface area contributed by atoms with E-state index >= 15 is 0 Å². The predicted octanol–water partition coefficient (Wildman–Crippen LogP) is 2.78. The standard InChI is InChI=1S/C18H28FN3O5S2Si/c1-30(2,3)11-10-28(23,24)22-13-17(16-12-15(19)4-5-18(16)22)14-6-8-21(9-7-14)20-29(25,26)27/h4-5,12-14,20H,6-11H2,1-3H3,(H,25,26,27). The van der Waals surface area contributed by atoms with Gasteiger partial charge in [0.05, 0.1) is 11.3 Å². The highest BCUT2D eigenvalue weighted by Gasteiger charge is 2.28. The Kier molecular flexibility index (Phi) is 6.48. The van der Waals surface area contributed by atoms with Crippen LogP contribution in [0.5, 0.6) is 0 Å². The summed E-state index contributed by atoms with van der Waals surface area (Å²) in [4.78, 5) is 2.04. The van der Waals surface area contributed by atoms with Gasteiger partial charge in [0.1, 0.15) is 5.82 Å². The van der Waals surface area contributed by atoms with Crippen molar-refractivity contribution in [2.45, 2.75) is 44.4 Å². The molecule has 0 aliphatic carbocycles. The van der Waals surface area contributed by atoms with Crippen LogP contribution in [0.2, 0.25) is 25.7 Å².